The Hall–Kier alpha value is -2.52. The van der Waals surface area contributed by atoms with Crippen LogP contribution in [0.2, 0.25) is 0 Å². The molecule has 2 heterocycles. The van der Waals surface area contributed by atoms with Gasteiger partial charge in [0.25, 0.3) is 5.56 Å². The summed E-state index contributed by atoms with van der Waals surface area (Å²) in [5, 5.41) is 3.19. The van der Waals surface area contributed by atoms with Gasteiger partial charge in [-0.15, -0.1) is 11.3 Å². The summed E-state index contributed by atoms with van der Waals surface area (Å²) in [7, 11) is -3.29. The van der Waals surface area contributed by atoms with E-state index in [4.69, 9.17) is 0 Å². The molecular formula is C17H17N3O4S2. The first-order chi connectivity index (χ1) is 12.2. The largest absolute Gasteiger partial charge is 0.325 e. The third-order valence-electron chi connectivity index (χ3n) is 4.04. The molecule has 0 radical (unpaired) electrons. The number of fused-ring (bicyclic) bond motifs is 1. The number of carbonyl (C=O) groups excluding carboxylic acids is 1. The number of benzene rings is 1. The Kier molecular flexibility index (Phi) is 4.68. The number of nitrogens with one attached hydrogen (secondary N) is 1. The molecule has 136 valence electrons. The van der Waals surface area contributed by atoms with E-state index in [0.717, 1.165) is 16.7 Å². The van der Waals surface area contributed by atoms with Crippen LogP contribution in [-0.2, 0) is 21.2 Å². The molecule has 3 rings (SSSR count). The average molecular weight is 391 g/mol. The molecule has 0 saturated heterocycles. The summed E-state index contributed by atoms with van der Waals surface area (Å²) in [6, 6.07) is 5.85. The van der Waals surface area contributed by atoms with Crippen molar-refractivity contribution in [1.29, 1.82) is 0 Å². The summed E-state index contributed by atoms with van der Waals surface area (Å²) in [5.41, 5.74) is 1.08. The number of carbonyl (C=O) groups is 1. The summed E-state index contributed by atoms with van der Waals surface area (Å²) in [4.78, 5) is 30.9. The van der Waals surface area contributed by atoms with Gasteiger partial charge in [0, 0.05) is 16.8 Å². The second-order valence-electron chi connectivity index (χ2n) is 5.99. The molecule has 0 fully saturated rings. The molecule has 0 spiro atoms. The minimum absolute atomic E-state index is 0.171. The Morgan fingerprint density at radius 3 is 2.50 bits per heavy atom. The summed E-state index contributed by atoms with van der Waals surface area (Å²) in [5.74, 6) is -0.398. The smallest absolute Gasteiger partial charge is 0.262 e. The second-order valence-corrected chi connectivity index (χ2v) is 9.20. The first kappa shape index (κ1) is 18.3. The summed E-state index contributed by atoms with van der Waals surface area (Å²) in [6.45, 7) is 3.62. The molecule has 1 amide bonds. The lowest BCUT2D eigenvalue weighted by Gasteiger charge is -2.08. The predicted molar refractivity (Wildman–Crippen MR) is 102 cm³/mol. The van der Waals surface area contributed by atoms with Crippen molar-refractivity contribution in [2.75, 3.05) is 11.6 Å². The van der Waals surface area contributed by atoms with Crippen LogP contribution in [0.5, 0.6) is 0 Å². The van der Waals surface area contributed by atoms with Gasteiger partial charge < -0.3 is 5.32 Å². The number of anilines is 1. The van der Waals surface area contributed by atoms with Crippen molar-refractivity contribution >= 4 is 43.0 Å². The fraction of sp³-hybridized carbons (Fsp3) is 0.235. The zero-order valence-electron chi connectivity index (χ0n) is 14.4. The topological polar surface area (TPSA) is 98.1 Å². The molecule has 0 aliphatic carbocycles. The van der Waals surface area contributed by atoms with E-state index in [1.165, 1.54) is 46.5 Å². The normalized spacial score (nSPS) is 11.7. The van der Waals surface area contributed by atoms with Crippen LogP contribution in [0.25, 0.3) is 10.2 Å². The van der Waals surface area contributed by atoms with Crippen molar-refractivity contribution in [2.45, 2.75) is 25.3 Å². The highest BCUT2D eigenvalue weighted by molar-refractivity contribution is 7.90. The van der Waals surface area contributed by atoms with Crippen LogP contribution in [-0.4, -0.2) is 30.1 Å². The van der Waals surface area contributed by atoms with Crippen LogP contribution in [0, 0.1) is 13.8 Å². The molecule has 9 heteroatoms. The van der Waals surface area contributed by atoms with Gasteiger partial charge >= 0.3 is 0 Å². The molecule has 0 aliphatic heterocycles. The Morgan fingerprint density at radius 2 is 1.88 bits per heavy atom. The number of sulfone groups is 1. The average Bonchev–Trinajstić information content (AvgIpc) is 2.85. The van der Waals surface area contributed by atoms with E-state index in [1.807, 2.05) is 13.8 Å². The zero-order valence-corrected chi connectivity index (χ0v) is 16.1. The Bertz CT molecular complexity index is 1160. The van der Waals surface area contributed by atoms with Gasteiger partial charge in [0.2, 0.25) is 5.91 Å². The summed E-state index contributed by atoms with van der Waals surface area (Å²) < 4.78 is 24.2. The lowest BCUT2D eigenvalue weighted by Crippen LogP contribution is -2.27. The highest BCUT2D eigenvalue weighted by Crippen LogP contribution is 2.25. The highest BCUT2D eigenvalue weighted by atomic mass is 32.2. The van der Waals surface area contributed by atoms with E-state index in [-0.39, 0.29) is 17.0 Å². The molecule has 0 bridgehead atoms. The maximum Gasteiger partial charge on any atom is 0.262 e. The van der Waals surface area contributed by atoms with Crippen LogP contribution in [0.4, 0.5) is 5.69 Å². The van der Waals surface area contributed by atoms with E-state index in [2.05, 4.69) is 10.3 Å². The number of aromatic nitrogens is 2. The number of aryl methyl sites for hydroxylation is 2. The molecular weight excluding hydrogens is 374 g/mol. The van der Waals surface area contributed by atoms with Crippen molar-refractivity contribution in [2.24, 2.45) is 0 Å². The molecule has 0 saturated carbocycles. The molecule has 0 aliphatic rings. The zero-order chi connectivity index (χ0) is 19.1. The van der Waals surface area contributed by atoms with Crippen molar-refractivity contribution < 1.29 is 13.2 Å². The van der Waals surface area contributed by atoms with Crippen LogP contribution in [0.1, 0.15) is 10.4 Å². The van der Waals surface area contributed by atoms with Crippen LogP contribution >= 0.6 is 11.3 Å². The van der Waals surface area contributed by atoms with Gasteiger partial charge in [-0.1, -0.05) is 0 Å². The van der Waals surface area contributed by atoms with E-state index >= 15 is 0 Å². The van der Waals surface area contributed by atoms with Gasteiger partial charge in [-0.05, 0) is 43.7 Å². The van der Waals surface area contributed by atoms with E-state index in [1.54, 1.807) is 0 Å². The molecule has 7 nitrogen and oxygen atoms in total. The van der Waals surface area contributed by atoms with Gasteiger partial charge in [0.05, 0.1) is 16.6 Å². The van der Waals surface area contributed by atoms with Gasteiger partial charge in [-0.3, -0.25) is 14.2 Å². The van der Waals surface area contributed by atoms with E-state index in [9.17, 15) is 18.0 Å². The number of hydrogen-bond acceptors (Lipinski definition) is 6. The van der Waals surface area contributed by atoms with E-state index in [0.29, 0.717) is 15.9 Å². The monoisotopic (exact) mass is 391 g/mol. The molecule has 2 aromatic heterocycles. The van der Waals surface area contributed by atoms with Crippen molar-refractivity contribution in [3.8, 4) is 0 Å². The summed E-state index contributed by atoms with van der Waals surface area (Å²) >= 11 is 1.45. The number of hydrogen-bond donors (Lipinski definition) is 1. The molecule has 1 aromatic carbocycles. The minimum atomic E-state index is -3.29. The maximum absolute atomic E-state index is 12.6. The number of amides is 1. The molecule has 1 N–H and O–H groups in total. The standard InChI is InChI=1S/C17H17N3O4S2/c1-10-11(2)25-16-15(10)17(22)20(9-18-16)8-14(21)19-12-4-6-13(7-5-12)26(3,23)24/h4-7,9H,8H2,1-3H3,(H,19,21). The van der Waals surface area contributed by atoms with Crippen LogP contribution < -0.4 is 10.9 Å². The highest BCUT2D eigenvalue weighted by Gasteiger charge is 2.14. The van der Waals surface area contributed by atoms with Crippen molar-refractivity contribution in [1.82, 2.24) is 9.55 Å². The SMILES string of the molecule is Cc1sc2ncn(CC(=O)Nc3ccc(S(C)(=O)=O)cc3)c(=O)c2c1C. The Morgan fingerprint density at radius 1 is 1.23 bits per heavy atom. The predicted octanol–water partition coefficient (Wildman–Crippen LogP) is 2.12. The number of thiophene rings is 1. The van der Waals surface area contributed by atoms with Crippen LogP contribution in [0.15, 0.2) is 40.3 Å². The van der Waals surface area contributed by atoms with Crippen molar-refractivity contribution in [3.05, 3.63) is 51.4 Å². The number of rotatable bonds is 4. The van der Waals surface area contributed by atoms with Crippen LogP contribution in [0.3, 0.4) is 0 Å². The molecule has 3 aromatic rings. The van der Waals surface area contributed by atoms with Gasteiger partial charge in [-0.2, -0.15) is 0 Å². The first-order valence-electron chi connectivity index (χ1n) is 7.72. The summed E-state index contributed by atoms with van der Waals surface area (Å²) in [6.07, 6.45) is 2.48. The third-order valence-corrected chi connectivity index (χ3v) is 6.28. The minimum Gasteiger partial charge on any atom is -0.325 e. The molecule has 26 heavy (non-hydrogen) atoms. The van der Waals surface area contributed by atoms with Gasteiger partial charge in [0.1, 0.15) is 11.4 Å². The van der Waals surface area contributed by atoms with E-state index < -0.39 is 15.7 Å². The fourth-order valence-corrected chi connectivity index (χ4v) is 4.14. The maximum atomic E-state index is 12.6. The third kappa shape index (κ3) is 3.54. The Labute approximate surface area is 154 Å². The lowest BCUT2D eigenvalue weighted by molar-refractivity contribution is -0.116. The van der Waals surface area contributed by atoms with Crippen molar-refractivity contribution in [3.63, 3.8) is 0 Å². The second kappa shape index (κ2) is 6.65. The quantitative estimate of drug-likeness (QED) is 0.735. The lowest BCUT2D eigenvalue weighted by atomic mass is 10.2. The van der Waals surface area contributed by atoms with Gasteiger partial charge in [0.15, 0.2) is 9.84 Å². The molecule has 0 unspecified atom stereocenters. The Balaban J connectivity index is 1.80. The fourth-order valence-electron chi connectivity index (χ4n) is 2.52. The number of nitrogens with zero attached hydrogens (tertiary/aromatic N) is 2. The molecule has 0 atom stereocenters. The van der Waals surface area contributed by atoms with Gasteiger partial charge in [-0.25, -0.2) is 13.4 Å². The first-order valence-corrected chi connectivity index (χ1v) is 10.4.